The summed E-state index contributed by atoms with van der Waals surface area (Å²) in [6.45, 7) is 0. The lowest BCUT2D eigenvalue weighted by Crippen LogP contribution is -2.22. The fourth-order valence-electron chi connectivity index (χ4n) is 16.6. The minimum absolute atomic E-state index is 0.0348. The lowest BCUT2D eigenvalue weighted by atomic mass is 9.91. The Morgan fingerprint density at radius 3 is 0.889 bits per heavy atom. The van der Waals surface area contributed by atoms with E-state index in [4.69, 9.17) is 24.9 Å². The van der Waals surface area contributed by atoms with Crippen LogP contribution in [0.15, 0.2) is 291 Å². The molecule has 4 amide bonds. The highest BCUT2D eigenvalue weighted by molar-refractivity contribution is 14.1. The number of benzene rings is 12. The Kier molecular flexibility index (Phi) is 28.1. The van der Waals surface area contributed by atoms with E-state index in [0.29, 0.717) is 92.7 Å². The van der Waals surface area contributed by atoms with Crippen molar-refractivity contribution in [2.75, 3.05) is 21.3 Å². The molecule has 135 heavy (non-hydrogen) atoms. The molecule has 4 heterocycles. The summed E-state index contributed by atoms with van der Waals surface area (Å²) < 4.78 is 96.7. The van der Waals surface area contributed by atoms with Crippen LogP contribution in [0.1, 0.15) is 142 Å². The molecule has 4 aliphatic rings. The van der Waals surface area contributed by atoms with Crippen LogP contribution < -0.4 is 21.3 Å². The summed E-state index contributed by atoms with van der Waals surface area (Å²) in [6, 6.07) is 87.9. The predicted molar refractivity (Wildman–Crippen MR) is 505 cm³/mol. The lowest BCUT2D eigenvalue weighted by molar-refractivity contribution is -0.116. The number of rotatable bonds is 19. The van der Waals surface area contributed by atoms with Crippen molar-refractivity contribution in [2.24, 2.45) is 0 Å². The maximum atomic E-state index is 14.1. The Labute approximate surface area is 783 Å². The van der Waals surface area contributed by atoms with Crippen LogP contribution in [0.5, 0.6) is 0 Å². The predicted octanol–water partition coefficient (Wildman–Crippen LogP) is 19.7. The zero-order valence-corrected chi connectivity index (χ0v) is 74.0. The molecular formula is C107H82F7IN12O8. The van der Waals surface area contributed by atoms with E-state index in [2.05, 4.69) is 70.9 Å². The van der Waals surface area contributed by atoms with Gasteiger partial charge in [0.05, 0.1) is 64.8 Å². The van der Waals surface area contributed by atoms with E-state index in [1.807, 2.05) is 194 Å². The van der Waals surface area contributed by atoms with Gasteiger partial charge in [-0.3, -0.25) is 19.2 Å². The molecule has 4 unspecified atom stereocenters. The Bertz CT molecular complexity index is 7120. The van der Waals surface area contributed by atoms with Crippen molar-refractivity contribution in [3.63, 3.8) is 0 Å². The Balaban J connectivity index is 0.000000125. The molecule has 8 N–H and O–H groups in total. The van der Waals surface area contributed by atoms with Crippen molar-refractivity contribution < 1.29 is 70.3 Å². The van der Waals surface area contributed by atoms with E-state index in [1.54, 1.807) is 66.7 Å². The van der Waals surface area contributed by atoms with Crippen LogP contribution in [-0.2, 0) is 85.0 Å². The second-order valence-corrected chi connectivity index (χ2v) is 33.6. The number of amides is 4. The molecule has 0 saturated heterocycles. The zero-order valence-electron chi connectivity index (χ0n) is 71.8. The van der Waals surface area contributed by atoms with Gasteiger partial charge in [0.15, 0.2) is 58.2 Å². The molecule has 0 bridgehead atoms. The van der Waals surface area contributed by atoms with Crippen molar-refractivity contribution >= 4 is 69.5 Å². The summed E-state index contributed by atoms with van der Waals surface area (Å²) in [5.41, 5.74) is 17.9. The summed E-state index contributed by atoms with van der Waals surface area (Å²) in [5.74, 6) is -14.2. The van der Waals surface area contributed by atoms with E-state index in [1.165, 1.54) is 17.2 Å². The van der Waals surface area contributed by atoms with Gasteiger partial charge < -0.3 is 41.7 Å². The lowest BCUT2D eigenvalue weighted by Gasteiger charge is -2.22. The number of nitrogens with one attached hydrogen (secondary N) is 4. The van der Waals surface area contributed by atoms with E-state index >= 15 is 0 Å². The number of hydrogen-bond acceptors (Lipinski definition) is 16. The van der Waals surface area contributed by atoms with E-state index < -0.39 is 88.9 Å². The second kappa shape index (κ2) is 41.4. The summed E-state index contributed by atoms with van der Waals surface area (Å²) in [4.78, 5) is 89.1. The first-order chi connectivity index (χ1) is 65.5. The minimum Gasteiger partial charge on any atom is -0.382 e. The molecular weight excluding hydrogens is 1840 g/mol. The maximum Gasteiger partial charge on any atom is 0.256 e. The van der Waals surface area contributed by atoms with Gasteiger partial charge in [-0.1, -0.05) is 255 Å². The molecule has 20 rings (SSSR count). The van der Waals surface area contributed by atoms with E-state index in [9.17, 15) is 70.3 Å². The van der Waals surface area contributed by atoms with E-state index in [-0.39, 0.29) is 47.7 Å². The molecule has 28 heteroatoms. The standard InChI is InChI=1S/C27H18F5N3O2.C27H21F2N3O2.C27H22IN3O2.C26H21N3O2/c28-19-16(20(29)22(31)23(32)21(19)30)12-18(36)34-27-25(26(37)14-7-2-1-3-8-14)35-24-15-9-5-4-6-13(15)10-11-17(24)33-27;28-20-12-10-16(14-21(20)29)15-23(33)31-27-25(26(34)18-7-2-1-3-8-18)32-24-19-9-5-4-6-17(19)11-13-22(24)30-27;28-20-13-10-17(11-14-20)16-23(32)30-27-25(26(33)19-7-2-1-3-8-19)31-24-21-9-5-4-6-18(21)12-15-22(24)29-27;30-24(18-10-3-1-4-11-18)23-25(29-26(31)19-12-5-2-6-13-19)27-21-16-15-17-9-7-8-14-20(17)22(21)28-23/h1-9,26,37H,10-12H2,(H,33,34,36);1-10,12,14,26,34H,11,13,15H2,(H,30,31,33);1-11,13-14,26,33H,12,15-16H2,(H,29,30,32);1-14,24,30H,15-16H2,(H,27,29,31). The number of fused-ring (bicyclic) bond motifs is 12. The van der Waals surface area contributed by atoms with Gasteiger partial charge in [0, 0.05) is 37.0 Å². The molecule has 4 aliphatic carbocycles. The van der Waals surface area contributed by atoms with Crippen molar-refractivity contribution in [2.45, 2.75) is 95.0 Å². The maximum absolute atomic E-state index is 14.1. The van der Waals surface area contributed by atoms with Gasteiger partial charge in [-0.2, -0.15) is 0 Å². The number of aromatic nitrogens is 8. The van der Waals surface area contributed by atoms with Gasteiger partial charge in [0.25, 0.3) is 5.91 Å². The van der Waals surface area contributed by atoms with Crippen LogP contribution >= 0.6 is 22.6 Å². The number of aliphatic hydroxyl groups excluding tert-OH is 4. The van der Waals surface area contributed by atoms with Crippen molar-refractivity contribution in [3.05, 3.63) is 448 Å². The summed E-state index contributed by atoms with van der Waals surface area (Å²) in [5, 5.41) is 55.5. The Hall–Kier alpha value is -15.1. The summed E-state index contributed by atoms with van der Waals surface area (Å²) in [7, 11) is 0. The Morgan fingerprint density at radius 1 is 0.289 bits per heavy atom. The van der Waals surface area contributed by atoms with Crippen molar-refractivity contribution in [1.82, 2.24) is 39.9 Å². The van der Waals surface area contributed by atoms with Gasteiger partial charge in [0.2, 0.25) is 23.5 Å². The highest BCUT2D eigenvalue weighted by atomic mass is 127. The van der Waals surface area contributed by atoms with Gasteiger partial charge in [-0.25, -0.2) is 70.6 Å². The molecule has 0 fully saturated rings. The monoisotopic (exact) mass is 1920 g/mol. The number of aliphatic hydroxyl groups is 4. The molecule has 0 spiro atoms. The van der Waals surface area contributed by atoms with Gasteiger partial charge in [-0.15, -0.1) is 0 Å². The number of halogens is 8. The third-order valence-corrected chi connectivity index (χ3v) is 24.1. The fraction of sp³-hybridized carbons (Fsp3) is 0.140. The molecule has 0 aliphatic heterocycles. The Morgan fingerprint density at radius 2 is 0.563 bits per heavy atom. The SMILES string of the molecule is O=C(Cc1c(F)c(F)c(F)c(F)c1F)Nc1nc2c(nc1C(O)c1ccccc1)-c1ccccc1CC2.O=C(Cc1ccc(F)c(F)c1)Nc1nc2c(nc1C(O)c1ccccc1)-c1ccccc1CC2.O=C(Cc1ccc(I)cc1)Nc1nc2c(nc1C(O)c1ccccc1)-c1ccccc1CC2.O=C(Nc1nc2c(nc1C(O)c1ccccc1)-c1ccccc1CC2)c1ccccc1. The molecule has 0 radical (unpaired) electrons. The number of carbonyl (C=O) groups excluding carboxylic acids is 4. The largest absolute Gasteiger partial charge is 0.382 e. The van der Waals surface area contributed by atoms with Crippen LogP contribution in [0.2, 0.25) is 0 Å². The van der Waals surface area contributed by atoms with Gasteiger partial charge in [0.1, 0.15) is 47.2 Å². The molecule has 20 nitrogen and oxygen atoms in total. The minimum atomic E-state index is -2.31. The normalized spacial score (nSPS) is 13.0. The number of hydrogen-bond donors (Lipinski definition) is 8. The van der Waals surface area contributed by atoms with Gasteiger partial charge >= 0.3 is 0 Å². The first-order valence-corrected chi connectivity index (χ1v) is 44.4. The first-order valence-electron chi connectivity index (χ1n) is 43.4. The smallest absolute Gasteiger partial charge is 0.256 e. The fourth-order valence-corrected chi connectivity index (χ4v) is 16.9. The number of carbonyl (C=O) groups is 4. The van der Waals surface area contributed by atoms with Crippen LogP contribution in [0, 0.1) is 44.3 Å². The average Bonchev–Trinajstić information content (AvgIpc) is 0.775. The molecule has 0 saturated carbocycles. The number of nitrogens with zero attached hydrogens (tertiary/aromatic N) is 8. The third kappa shape index (κ3) is 20.7. The van der Waals surface area contributed by atoms with Crippen LogP contribution in [0.4, 0.5) is 54.0 Å². The zero-order chi connectivity index (χ0) is 93.9. The summed E-state index contributed by atoms with van der Waals surface area (Å²) in [6.07, 6.45) is 0.170. The third-order valence-electron chi connectivity index (χ3n) is 23.4. The van der Waals surface area contributed by atoms with E-state index in [0.717, 1.165) is 115 Å². The van der Waals surface area contributed by atoms with Gasteiger partial charge in [-0.05, 0) is 166 Å². The molecule has 12 aromatic carbocycles. The number of aryl methyl sites for hydroxylation is 8. The average molecular weight is 1920 g/mol. The quantitative estimate of drug-likeness (QED) is 0.0161. The molecule has 4 aromatic heterocycles. The molecule has 674 valence electrons. The highest BCUT2D eigenvalue weighted by Gasteiger charge is 2.34. The molecule has 16 aromatic rings. The van der Waals surface area contributed by atoms with Crippen LogP contribution in [0.3, 0.4) is 0 Å². The topological polar surface area (TPSA) is 300 Å². The number of anilines is 4. The van der Waals surface area contributed by atoms with Crippen LogP contribution in [0.25, 0.3) is 45.0 Å². The van der Waals surface area contributed by atoms with Crippen LogP contribution in [-0.4, -0.2) is 83.9 Å². The van der Waals surface area contributed by atoms with Crippen molar-refractivity contribution in [3.8, 4) is 45.0 Å². The second-order valence-electron chi connectivity index (χ2n) is 32.3. The highest BCUT2D eigenvalue weighted by Crippen LogP contribution is 2.42. The first kappa shape index (κ1) is 91.8. The summed E-state index contributed by atoms with van der Waals surface area (Å²) >= 11 is 2.24. The molecule has 4 atom stereocenters. The van der Waals surface area contributed by atoms with Crippen molar-refractivity contribution in [1.29, 1.82) is 0 Å².